The highest BCUT2D eigenvalue weighted by Gasteiger charge is 2.64. The summed E-state index contributed by atoms with van der Waals surface area (Å²) in [6.07, 6.45) is -15.8. The molecule has 5 nitrogen and oxygen atoms in total. The number of pyridine rings is 1. The van der Waals surface area contributed by atoms with Crippen LogP contribution in [-0.2, 0) is 16.6 Å². The van der Waals surface area contributed by atoms with Crippen LogP contribution in [0.3, 0.4) is 0 Å². The van der Waals surface area contributed by atoms with E-state index in [1.165, 1.54) is 25.1 Å². The molecule has 1 aromatic carbocycles. The van der Waals surface area contributed by atoms with Gasteiger partial charge in [0.1, 0.15) is 5.69 Å². The van der Waals surface area contributed by atoms with Crippen molar-refractivity contribution in [3.8, 4) is 0 Å². The van der Waals surface area contributed by atoms with Gasteiger partial charge in [0, 0.05) is 17.1 Å². The predicted octanol–water partition coefficient (Wildman–Crippen LogP) is 6.96. The zero-order chi connectivity index (χ0) is 29.0. The number of nitrogens with one attached hydrogen (secondary N) is 1. The maximum Gasteiger partial charge on any atom is 0.437 e. The Morgan fingerprint density at radius 2 is 1.74 bits per heavy atom. The number of nitrogens with zero attached hydrogens (tertiary/aromatic N) is 2. The predicted molar refractivity (Wildman–Crippen MR) is 120 cm³/mol. The number of carbonyl (C=O) groups is 1. The molecule has 212 valence electrons. The molecular formula is C24H19ClF9N3O2. The second-order valence-corrected chi connectivity index (χ2v) is 9.94. The largest absolute Gasteiger partial charge is 0.437 e. The van der Waals surface area contributed by atoms with Crippen molar-refractivity contribution in [1.29, 1.82) is 0 Å². The molecule has 1 aliphatic heterocycles. The molecule has 2 aliphatic rings. The maximum absolute atomic E-state index is 14.2. The Labute approximate surface area is 220 Å². The molecule has 39 heavy (non-hydrogen) atoms. The minimum Gasteiger partial charge on any atom is -0.372 e. The van der Waals surface area contributed by atoms with Crippen molar-refractivity contribution in [3.63, 3.8) is 0 Å². The monoisotopic (exact) mass is 587 g/mol. The van der Waals surface area contributed by atoms with Crippen molar-refractivity contribution < 1.29 is 49.1 Å². The van der Waals surface area contributed by atoms with Crippen LogP contribution >= 0.6 is 11.6 Å². The molecule has 0 spiro atoms. The van der Waals surface area contributed by atoms with E-state index in [4.69, 9.17) is 16.4 Å². The van der Waals surface area contributed by atoms with E-state index in [1.807, 2.05) is 0 Å². The lowest BCUT2D eigenvalue weighted by Gasteiger charge is -2.36. The van der Waals surface area contributed by atoms with Gasteiger partial charge in [0.25, 0.3) is 11.5 Å². The Morgan fingerprint density at radius 3 is 2.31 bits per heavy atom. The number of hydrogen-bond donors (Lipinski definition) is 1. The van der Waals surface area contributed by atoms with E-state index >= 15 is 0 Å². The quantitative estimate of drug-likeness (QED) is 0.385. The van der Waals surface area contributed by atoms with Gasteiger partial charge in [0.15, 0.2) is 0 Å². The van der Waals surface area contributed by atoms with E-state index < -0.39 is 58.8 Å². The lowest BCUT2D eigenvalue weighted by Crippen LogP contribution is -2.43. The minimum absolute atomic E-state index is 0.0355. The first kappa shape index (κ1) is 29.0. The SMILES string of the molecule is Cc1cc(C2=NO[C@](c3cc(Cl)cc(C(F)(F)F)n3)(C(F)(F)F)C2)ccc1C(=O)NC[C@H]1C[C@@H](C(F)(F)F)C1. The van der Waals surface area contributed by atoms with Gasteiger partial charge in [-0.1, -0.05) is 22.8 Å². The molecule has 1 atom stereocenters. The molecule has 1 saturated carbocycles. The number of amides is 1. The number of benzene rings is 1. The molecule has 1 amide bonds. The molecule has 0 bridgehead atoms. The number of alkyl halides is 9. The summed E-state index contributed by atoms with van der Waals surface area (Å²) in [5.74, 6) is -2.29. The van der Waals surface area contributed by atoms with E-state index in [1.54, 1.807) is 0 Å². The van der Waals surface area contributed by atoms with Crippen LogP contribution in [-0.4, -0.2) is 35.5 Å². The molecular weight excluding hydrogens is 569 g/mol. The van der Waals surface area contributed by atoms with Gasteiger partial charge in [0.05, 0.1) is 23.7 Å². The summed E-state index contributed by atoms with van der Waals surface area (Å²) in [4.78, 5) is 20.4. The molecule has 2 aromatic rings. The number of hydrogen-bond acceptors (Lipinski definition) is 4. The second kappa shape index (κ2) is 9.86. The molecule has 0 radical (unpaired) electrons. The summed E-state index contributed by atoms with van der Waals surface area (Å²) in [5, 5.41) is 5.41. The van der Waals surface area contributed by atoms with E-state index in [9.17, 15) is 44.3 Å². The number of halogens is 10. The third-order valence-electron chi connectivity index (χ3n) is 6.73. The van der Waals surface area contributed by atoms with Crippen LogP contribution in [0.1, 0.15) is 52.1 Å². The topological polar surface area (TPSA) is 63.6 Å². The minimum atomic E-state index is -5.24. The average Bonchev–Trinajstić information content (AvgIpc) is 3.23. The Morgan fingerprint density at radius 1 is 1.08 bits per heavy atom. The summed E-state index contributed by atoms with van der Waals surface area (Å²) in [7, 11) is 0. The van der Waals surface area contributed by atoms with Gasteiger partial charge in [-0.3, -0.25) is 4.79 Å². The standard InChI is InChI=1S/C24H19ClF9N3O2/c1-11-4-13(2-3-16(11)20(38)35-10-12-5-14(6-12)22(26,27)28)17-9-21(39-37-17,24(32,33)34)18-7-15(25)8-19(36-18)23(29,30)31/h2-4,7-8,12,14H,5-6,9-10H2,1H3,(H,35,38)/t12-,14+,21-/m1/s1. The summed E-state index contributed by atoms with van der Waals surface area (Å²) >= 11 is 5.66. The van der Waals surface area contributed by atoms with E-state index in [-0.39, 0.29) is 42.1 Å². The zero-order valence-corrected chi connectivity index (χ0v) is 20.6. The fourth-order valence-electron chi connectivity index (χ4n) is 4.47. The Bertz CT molecular complexity index is 1300. The molecule has 15 heteroatoms. The van der Waals surface area contributed by atoms with E-state index in [0.29, 0.717) is 17.7 Å². The number of aromatic nitrogens is 1. The highest BCUT2D eigenvalue weighted by atomic mass is 35.5. The first-order chi connectivity index (χ1) is 17.9. The van der Waals surface area contributed by atoms with Gasteiger partial charge in [-0.15, -0.1) is 0 Å². The number of carbonyl (C=O) groups excluding carboxylic acids is 1. The molecule has 1 N–H and O–H groups in total. The van der Waals surface area contributed by atoms with Crippen LogP contribution in [0.4, 0.5) is 39.5 Å². The van der Waals surface area contributed by atoms with E-state index in [0.717, 1.165) is 0 Å². The van der Waals surface area contributed by atoms with Crippen molar-refractivity contribution in [2.24, 2.45) is 17.0 Å². The lowest BCUT2D eigenvalue weighted by atomic mass is 9.74. The third-order valence-corrected chi connectivity index (χ3v) is 6.95. The summed E-state index contributed by atoms with van der Waals surface area (Å²) < 4.78 is 120. The molecule has 1 aromatic heterocycles. The van der Waals surface area contributed by atoms with Gasteiger partial charge < -0.3 is 10.2 Å². The summed E-state index contributed by atoms with van der Waals surface area (Å²) in [6, 6.07) is 4.94. The number of aryl methyl sites for hydroxylation is 1. The van der Waals surface area contributed by atoms with Gasteiger partial charge in [0.2, 0.25) is 0 Å². The smallest absolute Gasteiger partial charge is 0.372 e. The molecule has 1 fully saturated rings. The fraction of sp³-hybridized carbons (Fsp3) is 0.458. The average molecular weight is 588 g/mol. The Balaban J connectivity index is 1.50. The first-order valence-electron chi connectivity index (χ1n) is 11.4. The van der Waals surface area contributed by atoms with E-state index in [2.05, 4.69) is 15.5 Å². The molecule has 0 unspecified atom stereocenters. The number of rotatable bonds is 5. The van der Waals surface area contributed by atoms with Gasteiger partial charge in [-0.05, 0) is 61.1 Å². The van der Waals surface area contributed by atoms with Crippen LogP contribution < -0.4 is 5.32 Å². The number of oxime groups is 1. The summed E-state index contributed by atoms with van der Waals surface area (Å²) in [5.41, 5.74) is -5.78. The molecule has 4 rings (SSSR count). The highest BCUT2D eigenvalue weighted by molar-refractivity contribution is 6.30. The van der Waals surface area contributed by atoms with Crippen molar-refractivity contribution in [2.45, 2.75) is 50.3 Å². The van der Waals surface area contributed by atoms with Crippen LogP contribution in [0, 0.1) is 18.8 Å². The maximum atomic E-state index is 14.2. The molecule has 1 aliphatic carbocycles. The summed E-state index contributed by atoms with van der Waals surface area (Å²) in [6.45, 7) is 1.52. The molecule has 0 saturated heterocycles. The Hall–Kier alpha value is -3.03. The van der Waals surface area contributed by atoms with Crippen molar-refractivity contribution in [3.05, 3.63) is 63.4 Å². The normalized spacial score (nSPS) is 23.6. The van der Waals surface area contributed by atoms with Crippen LogP contribution in [0.5, 0.6) is 0 Å². The zero-order valence-electron chi connectivity index (χ0n) is 19.9. The second-order valence-electron chi connectivity index (χ2n) is 9.50. The lowest BCUT2D eigenvalue weighted by molar-refractivity contribution is -0.277. The Kier molecular flexibility index (Phi) is 7.32. The highest BCUT2D eigenvalue weighted by Crippen LogP contribution is 2.49. The van der Waals surface area contributed by atoms with Crippen LogP contribution in [0.15, 0.2) is 35.5 Å². The first-order valence-corrected chi connectivity index (χ1v) is 11.8. The molecule has 2 heterocycles. The van der Waals surface area contributed by atoms with Crippen molar-refractivity contribution >= 4 is 23.2 Å². The van der Waals surface area contributed by atoms with Crippen LogP contribution in [0.2, 0.25) is 5.02 Å². The third kappa shape index (κ3) is 5.80. The van der Waals surface area contributed by atoms with Crippen LogP contribution in [0.25, 0.3) is 0 Å². The van der Waals surface area contributed by atoms with Gasteiger partial charge in [-0.25, -0.2) is 4.98 Å². The van der Waals surface area contributed by atoms with Gasteiger partial charge >= 0.3 is 18.5 Å². The fourth-order valence-corrected chi connectivity index (χ4v) is 4.68. The van der Waals surface area contributed by atoms with Crippen molar-refractivity contribution in [1.82, 2.24) is 10.3 Å². The van der Waals surface area contributed by atoms with Gasteiger partial charge in [-0.2, -0.15) is 39.5 Å². The van der Waals surface area contributed by atoms with Crippen molar-refractivity contribution in [2.75, 3.05) is 6.54 Å².